The third-order valence-electron chi connectivity index (χ3n) is 2.61. The average molecular weight is 258 g/mol. The SMILES string of the molecule is CC(Nc1ccc(Cl)cc1C#N)c1ccccn1. The molecule has 0 saturated carbocycles. The van der Waals surface area contributed by atoms with Crippen LogP contribution in [0.3, 0.4) is 0 Å². The molecule has 0 aliphatic heterocycles. The van der Waals surface area contributed by atoms with E-state index < -0.39 is 0 Å². The van der Waals surface area contributed by atoms with Crippen LogP contribution in [0.4, 0.5) is 5.69 Å². The highest BCUT2D eigenvalue weighted by atomic mass is 35.5. The zero-order valence-electron chi connectivity index (χ0n) is 9.89. The van der Waals surface area contributed by atoms with Crippen LogP contribution in [0.15, 0.2) is 42.6 Å². The Hall–Kier alpha value is -2.05. The highest BCUT2D eigenvalue weighted by Crippen LogP contribution is 2.23. The van der Waals surface area contributed by atoms with Crippen LogP contribution in [0.1, 0.15) is 24.2 Å². The van der Waals surface area contributed by atoms with Crippen LogP contribution in [-0.2, 0) is 0 Å². The average Bonchev–Trinajstić information content (AvgIpc) is 2.41. The molecular weight excluding hydrogens is 246 g/mol. The summed E-state index contributed by atoms with van der Waals surface area (Å²) in [6.07, 6.45) is 1.75. The predicted octanol–water partition coefficient (Wildman–Crippen LogP) is 3.78. The monoisotopic (exact) mass is 257 g/mol. The number of nitrogens with zero attached hydrogens (tertiary/aromatic N) is 2. The van der Waals surface area contributed by atoms with Crippen molar-refractivity contribution in [1.29, 1.82) is 5.26 Å². The summed E-state index contributed by atoms with van der Waals surface area (Å²) in [7, 11) is 0. The lowest BCUT2D eigenvalue weighted by atomic mass is 10.1. The second-order valence-corrected chi connectivity index (χ2v) is 4.36. The van der Waals surface area contributed by atoms with Gasteiger partial charge >= 0.3 is 0 Å². The van der Waals surface area contributed by atoms with Gasteiger partial charge in [0.25, 0.3) is 0 Å². The highest BCUT2D eigenvalue weighted by molar-refractivity contribution is 6.30. The molecule has 2 rings (SSSR count). The van der Waals surface area contributed by atoms with Gasteiger partial charge in [0.15, 0.2) is 0 Å². The molecule has 0 bridgehead atoms. The molecule has 1 aromatic carbocycles. The van der Waals surface area contributed by atoms with Crippen LogP contribution in [-0.4, -0.2) is 4.98 Å². The number of pyridine rings is 1. The summed E-state index contributed by atoms with van der Waals surface area (Å²) in [5.41, 5.74) is 2.22. The number of hydrogen-bond acceptors (Lipinski definition) is 3. The zero-order chi connectivity index (χ0) is 13.0. The van der Waals surface area contributed by atoms with Gasteiger partial charge in [-0.15, -0.1) is 0 Å². The minimum absolute atomic E-state index is 0.0273. The molecule has 90 valence electrons. The largest absolute Gasteiger partial charge is 0.376 e. The third-order valence-corrected chi connectivity index (χ3v) is 2.84. The maximum absolute atomic E-state index is 9.06. The first-order valence-corrected chi connectivity index (χ1v) is 5.95. The molecule has 18 heavy (non-hydrogen) atoms. The first kappa shape index (κ1) is 12.4. The molecule has 0 amide bonds. The molecule has 0 spiro atoms. The Morgan fingerprint density at radius 2 is 2.17 bits per heavy atom. The van der Waals surface area contributed by atoms with Gasteiger partial charge in [-0.1, -0.05) is 17.7 Å². The molecule has 0 saturated heterocycles. The first-order valence-electron chi connectivity index (χ1n) is 5.58. The Labute approximate surface area is 111 Å². The van der Waals surface area contributed by atoms with Gasteiger partial charge in [-0.25, -0.2) is 0 Å². The van der Waals surface area contributed by atoms with Crippen LogP contribution in [0.5, 0.6) is 0 Å². The fraction of sp³-hybridized carbons (Fsp3) is 0.143. The summed E-state index contributed by atoms with van der Waals surface area (Å²) in [6.45, 7) is 2.00. The smallest absolute Gasteiger partial charge is 0.101 e. The number of benzene rings is 1. The molecule has 1 unspecified atom stereocenters. The fourth-order valence-corrected chi connectivity index (χ4v) is 1.85. The normalized spacial score (nSPS) is 11.6. The molecule has 1 aromatic heterocycles. The molecule has 0 fully saturated rings. The molecule has 4 heteroatoms. The number of halogens is 1. The Morgan fingerprint density at radius 3 is 2.83 bits per heavy atom. The van der Waals surface area contributed by atoms with E-state index in [2.05, 4.69) is 16.4 Å². The Balaban J connectivity index is 2.22. The molecule has 0 aliphatic rings. The van der Waals surface area contributed by atoms with Gasteiger partial charge in [-0.3, -0.25) is 4.98 Å². The van der Waals surface area contributed by atoms with Crippen LogP contribution in [0.25, 0.3) is 0 Å². The van der Waals surface area contributed by atoms with E-state index in [1.165, 1.54) is 0 Å². The summed E-state index contributed by atoms with van der Waals surface area (Å²) in [5.74, 6) is 0. The summed E-state index contributed by atoms with van der Waals surface area (Å²) < 4.78 is 0. The minimum Gasteiger partial charge on any atom is -0.376 e. The standard InChI is InChI=1S/C14H12ClN3/c1-10(13-4-2-3-7-17-13)18-14-6-5-12(15)8-11(14)9-16/h2-8,10,18H,1H3. The fourth-order valence-electron chi connectivity index (χ4n) is 1.67. The van der Waals surface area contributed by atoms with Crippen molar-refractivity contribution < 1.29 is 0 Å². The lowest BCUT2D eigenvalue weighted by Gasteiger charge is -2.15. The predicted molar refractivity (Wildman–Crippen MR) is 72.4 cm³/mol. The maximum Gasteiger partial charge on any atom is 0.101 e. The van der Waals surface area contributed by atoms with E-state index in [0.29, 0.717) is 10.6 Å². The maximum atomic E-state index is 9.06. The Kier molecular flexibility index (Phi) is 3.81. The second-order valence-electron chi connectivity index (χ2n) is 3.92. The molecule has 0 radical (unpaired) electrons. The first-order chi connectivity index (χ1) is 8.70. The van der Waals surface area contributed by atoms with Crippen LogP contribution < -0.4 is 5.32 Å². The lowest BCUT2D eigenvalue weighted by molar-refractivity contribution is 0.839. The van der Waals surface area contributed by atoms with E-state index >= 15 is 0 Å². The van der Waals surface area contributed by atoms with Crippen LogP contribution >= 0.6 is 11.6 Å². The number of nitriles is 1. The van der Waals surface area contributed by atoms with Gasteiger partial charge < -0.3 is 5.32 Å². The van der Waals surface area contributed by atoms with Gasteiger partial charge in [0, 0.05) is 11.2 Å². The van der Waals surface area contributed by atoms with E-state index in [1.807, 2.05) is 25.1 Å². The van der Waals surface area contributed by atoms with E-state index in [0.717, 1.165) is 11.4 Å². The number of hydrogen-bond donors (Lipinski definition) is 1. The second kappa shape index (κ2) is 5.52. The van der Waals surface area contributed by atoms with Crippen molar-refractivity contribution in [2.24, 2.45) is 0 Å². The third kappa shape index (κ3) is 2.79. The van der Waals surface area contributed by atoms with Crippen molar-refractivity contribution in [2.45, 2.75) is 13.0 Å². The minimum atomic E-state index is 0.0273. The molecular formula is C14H12ClN3. The van der Waals surface area contributed by atoms with Gasteiger partial charge in [0.05, 0.1) is 23.0 Å². The topological polar surface area (TPSA) is 48.7 Å². The van der Waals surface area contributed by atoms with E-state index in [4.69, 9.17) is 16.9 Å². The number of anilines is 1. The summed E-state index contributed by atoms with van der Waals surface area (Å²) in [4.78, 5) is 4.28. The molecule has 1 N–H and O–H groups in total. The molecule has 0 aliphatic carbocycles. The number of aromatic nitrogens is 1. The van der Waals surface area contributed by atoms with Crippen LogP contribution in [0.2, 0.25) is 5.02 Å². The van der Waals surface area contributed by atoms with Crippen molar-refractivity contribution in [3.63, 3.8) is 0 Å². The highest BCUT2D eigenvalue weighted by Gasteiger charge is 2.09. The van der Waals surface area contributed by atoms with E-state index in [-0.39, 0.29) is 6.04 Å². The Morgan fingerprint density at radius 1 is 1.33 bits per heavy atom. The summed E-state index contributed by atoms with van der Waals surface area (Å²) in [5, 5.41) is 12.9. The van der Waals surface area contributed by atoms with Gasteiger partial charge in [-0.2, -0.15) is 5.26 Å². The van der Waals surface area contributed by atoms with Gasteiger partial charge in [0.2, 0.25) is 0 Å². The van der Waals surface area contributed by atoms with E-state index in [9.17, 15) is 0 Å². The van der Waals surface area contributed by atoms with Crippen molar-refractivity contribution in [1.82, 2.24) is 4.98 Å². The van der Waals surface area contributed by atoms with Crippen molar-refractivity contribution in [3.8, 4) is 6.07 Å². The summed E-state index contributed by atoms with van der Waals surface area (Å²) >= 11 is 5.86. The molecule has 3 nitrogen and oxygen atoms in total. The molecule has 1 heterocycles. The Bertz CT molecular complexity index is 575. The van der Waals surface area contributed by atoms with Gasteiger partial charge in [0.1, 0.15) is 6.07 Å². The van der Waals surface area contributed by atoms with E-state index in [1.54, 1.807) is 24.4 Å². The lowest BCUT2D eigenvalue weighted by Crippen LogP contribution is -2.09. The molecule has 1 atom stereocenters. The van der Waals surface area contributed by atoms with Crippen molar-refractivity contribution >= 4 is 17.3 Å². The van der Waals surface area contributed by atoms with Crippen molar-refractivity contribution in [3.05, 3.63) is 58.9 Å². The van der Waals surface area contributed by atoms with Crippen LogP contribution in [0, 0.1) is 11.3 Å². The van der Waals surface area contributed by atoms with Crippen molar-refractivity contribution in [2.75, 3.05) is 5.32 Å². The number of nitrogens with one attached hydrogen (secondary N) is 1. The summed E-state index contributed by atoms with van der Waals surface area (Å²) in [6, 6.07) is 13.1. The number of rotatable bonds is 3. The quantitative estimate of drug-likeness (QED) is 0.910. The molecule has 2 aromatic rings. The zero-order valence-corrected chi connectivity index (χ0v) is 10.6. The van der Waals surface area contributed by atoms with Gasteiger partial charge in [-0.05, 0) is 37.3 Å².